The molecule has 0 radical (unpaired) electrons. The predicted octanol–water partition coefficient (Wildman–Crippen LogP) is 4.20. The van der Waals surface area contributed by atoms with Crippen molar-refractivity contribution in [1.29, 1.82) is 0 Å². The highest BCUT2D eigenvalue weighted by Gasteiger charge is 2.28. The van der Waals surface area contributed by atoms with Gasteiger partial charge in [-0.3, -0.25) is 9.51 Å². The van der Waals surface area contributed by atoms with E-state index in [0.717, 1.165) is 30.4 Å². The third kappa shape index (κ3) is 3.93. The number of aromatic amines is 1. The molecule has 2 unspecified atom stereocenters. The van der Waals surface area contributed by atoms with Crippen molar-refractivity contribution < 1.29 is 8.91 Å². The van der Waals surface area contributed by atoms with Gasteiger partial charge < -0.3 is 9.88 Å². The standard InChI is InChI=1S/C22H28FN7O2/c1-3-16(14-5-4-6-14)25-19-17-18(26-20(27-19)21-28-22(31)32-29-21)24-11-30(17)10-13-8-7-12(2)15(23)9-13/h11,13-14,16H,3-10H2,1-2H3,(H,25,26,27)(H,28,29,31). The summed E-state index contributed by atoms with van der Waals surface area (Å²) in [6, 6.07) is 0.284. The van der Waals surface area contributed by atoms with Gasteiger partial charge in [0.25, 0.3) is 0 Å². The van der Waals surface area contributed by atoms with E-state index >= 15 is 0 Å². The van der Waals surface area contributed by atoms with Crippen LogP contribution in [0.25, 0.3) is 22.8 Å². The Bertz CT molecular complexity index is 1210. The summed E-state index contributed by atoms with van der Waals surface area (Å²) in [6.07, 6.45) is 8.56. The van der Waals surface area contributed by atoms with Crippen molar-refractivity contribution in [2.24, 2.45) is 11.8 Å². The summed E-state index contributed by atoms with van der Waals surface area (Å²) in [5.41, 5.74) is 2.16. The van der Waals surface area contributed by atoms with Gasteiger partial charge in [0, 0.05) is 19.0 Å². The zero-order valence-electron chi connectivity index (χ0n) is 18.4. The third-order valence-corrected chi connectivity index (χ3v) is 6.92. The Morgan fingerprint density at radius 1 is 1.34 bits per heavy atom. The van der Waals surface area contributed by atoms with E-state index in [-0.39, 0.29) is 29.4 Å². The van der Waals surface area contributed by atoms with Crippen molar-refractivity contribution >= 4 is 17.0 Å². The maximum atomic E-state index is 14.2. The van der Waals surface area contributed by atoms with Gasteiger partial charge in [-0.05, 0) is 56.4 Å². The first kappa shape index (κ1) is 20.8. The Morgan fingerprint density at radius 2 is 2.19 bits per heavy atom. The second kappa shape index (κ2) is 8.48. The molecule has 0 aliphatic heterocycles. The fourth-order valence-electron chi connectivity index (χ4n) is 4.74. The smallest absolute Gasteiger partial charge is 0.365 e. The van der Waals surface area contributed by atoms with Gasteiger partial charge in [-0.25, -0.2) is 24.1 Å². The highest BCUT2D eigenvalue weighted by Crippen LogP contribution is 2.35. The summed E-state index contributed by atoms with van der Waals surface area (Å²) in [7, 11) is 0. The summed E-state index contributed by atoms with van der Waals surface area (Å²) in [4.78, 5) is 27.7. The zero-order valence-corrected chi connectivity index (χ0v) is 18.4. The lowest BCUT2D eigenvalue weighted by molar-refractivity contribution is 0.270. The number of fused-ring (bicyclic) bond motifs is 1. The first-order valence-corrected chi connectivity index (χ1v) is 11.4. The molecule has 0 spiro atoms. The molecule has 1 saturated carbocycles. The van der Waals surface area contributed by atoms with Crippen molar-refractivity contribution in [3.8, 4) is 11.6 Å². The molecule has 2 atom stereocenters. The molecule has 2 aliphatic carbocycles. The molecule has 1 fully saturated rings. The molecule has 0 bridgehead atoms. The molecule has 170 valence electrons. The fourth-order valence-corrected chi connectivity index (χ4v) is 4.74. The topological polar surface area (TPSA) is 115 Å². The molecule has 2 N–H and O–H groups in total. The molecular formula is C22H28FN7O2. The quantitative estimate of drug-likeness (QED) is 0.564. The highest BCUT2D eigenvalue weighted by atomic mass is 19.1. The van der Waals surface area contributed by atoms with Crippen molar-refractivity contribution in [2.75, 3.05) is 5.32 Å². The second-order valence-electron chi connectivity index (χ2n) is 9.05. The Hall–Kier alpha value is -3.04. The second-order valence-corrected chi connectivity index (χ2v) is 9.05. The SMILES string of the molecule is CCC(Nc1nc(-c2noc(=O)[nH]2)nc2ncn(CC3CCC(C)=C(F)C3)c12)C1CCC1. The van der Waals surface area contributed by atoms with E-state index in [0.29, 0.717) is 30.3 Å². The fraction of sp³-hybridized carbons (Fsp3) is 0.591. The van der Waals surface area contributed by atoms with Crippen molar-refractivity contribution in [1.82, 2.24) is 29.7 Å². The van der Waals surface area contributed by atoms with Crippen LogP contribution in [0.4, 0.5) is 10.2 Å². The molecule has 9 nitrogen and oxygen atoms in total. The molecule has 3 aromatic heterocycles. The minimum atomic E-state index is -0.660. The van der Waals surface area contributed by atoms with Crippen LogP contribution >= 0.6 is 0 Å². The van der Waals surface area contributed by atoms with Gasteiger partial charge >= 0.3 is 5.76 Å². The number of nitrogens with one attached hydrogen (secondary N) is 2. The summed E-state index contributed by atoms with van der Waals surface area (Å²) >= 11 is 0. The van der Waals surface area contributed by atoms with Crippen LogP contribution in [-0.4, -0.2) is 35.7 Å². The van der Waals surface area contributed by atoms with Crippen LogP contribution in [0.2, 0.25) is 0 Å². The molecule has 5 rings (SSSR count). The number of H-pyrrole nitrogens is 1. The van der Waals surface area contributed by atoms with Crippen molar-refractivity contribution in [2.45, 2.75) is 71.4 Å². The van der Waals surface area contributed by atoms with Crippen LogP contribution in [0, 0.1) is 11.8 Å². The number of imidazole rings is 1. The van der Waals surface area contributed by atoms with Gasteiger partial charge in [0.15, 0.2) is 11.5 Å². The molecular weight excluding hydrogens is 413 g/mol. The summed E-state index contributed by atoms with van der Waals surface area (Å²) in [5.74, 6) is 1.23. The first-order chi connectivity index (χ1) is 15.5. The number of hydrogen-bond donors (Lipinski definition) is 2. The monoisotopic (exact) mass is 441 g/mol. The number of nitrogens with zero attached hydrogens (tertiary/aromatic N) is 5. The molecule has 0 amide bonds. The first-order valence-electron chi connectivity index (χ1n) is 11.4. The Balaban J connectivity index is 1.53. The van der Waals surface area contributed by atoms with Crippen molar-refractivity contribution in [3.63, 3.8) is 0 Å². The molecule has 3 aromatic rings. The van der Waals surface area contributed by atoms with Gasteiger partial charge in [-0.2, -0.15) is 0 Å². The number of rotatable bonds is 7. The maximum Gasteiger partial charge on any atom is 0.439 e. The van der Waals surface area contributed by atoms with Gasteiger partial charge in [0.1, 0.15) is 5.52 Å². The lowest BCUT2D eigenvalue weighted by Gasteiger charge is -2.34. The van der Waals surface area contributed by atoms with Crippen LogP contribution in [0.15, 0.2) is 27.0 Å². The minimum Gasteiger partial charge on any atom is -0.365 e. The van der Waals surface area contributed by atoms with Gasteiger partial charge in [-0.1, -0.05) is 18.5 Å². The average molecular weight is 442 g/mol. The van der Waals surface area contributed by atoms with Gasteiger partial charge in [0.2, 0.25) is 11.6 Å². The summed E-state index contributed by atoms with van der Waals surface area (Å²) in [5, 5.41) is 7.36. The van der Waals surface area contributed by atoms with E-state index in [2.05, 4.69) is 36.9 Å². The number of hydrogen-bond acceptors (Lipinski definition) is 7. The number of anilines is 1. The van der Waals surface area contributed by atoms with E-state index < -0.39 is 5.76 Å². The molecule has 3 heterocycles. The van der Waals surface area contributed by atoms with E-state index in [1.54, 1.807) is 6.33 Å². The molecule has 2 aliphatic rings. The minimum absolute atomic E-state index is 0.00794. The van der Waals surface area contributed by atoms with E-state index in [9.17, 15) is 9.18 Å². The van der Waals surface area contributed by atoms with E-state index in [1.807, 2.05) is 11.5 Å². The zero-order chi connectivity index (χ0) is 22.2. The van der Waals surface area contributed by atoms with Crippen molar-refractivity contribution in [3.05, 3.63) is 28.3 Å². The highest BCUT2D eigenvalue weighted by molar-refractivity contribution is 5.85. The Morgan fingerprint density at radius 3 is 2.84 bits per heavy atom. The summed E-state index contributed by atoms with van der Waals surface area (Å²) in [6.45, 7) is 4.69. The average Bonchev–Trinajstić information content (AvgIpc) is 3.35. The van der Waals surface area contributed by atoms with Crippen LogP contribution < -0.4 is 11.1 Å². The molecule has 0 aromatic carbocycles. The number of aromatic nitrogens is 6. The largest absolute Gasteiger partial charge is 0.439 e. The van der Waals surface area contributed by atoms with Crippen LogP contribution in [0.1, 0.15) is 58.8 Å². The van der Waals surface area contributed by atoms with Crippen LogP contribution in [0.5, 0.6) is 0 Å². The maximum absolute atomic E-state index is 14.2. The number of allylic oxidation sites excluding steroid dienone is 2. The molecule has 0 saturated heterocycles. The summed E-state index contributed by atoms with van der Waals surface area (Å²) < 4.78 is 20.9. The lowest BCUT2D eigenvalue weighted by Crippen LogP contribution is -2.33. The normalized spacial score (nSPS) is 20.5. The van der Waals surface area contributed by atoms with Gasteiger partial charge in [-0.15, -0.1) is 0 Å². The lowest BCUT2D eigenvalue weighted by atomic mass is 9.79. The number of halogens is 1. The Kier molecular flexibility index (Phi) is 5.52. The van der Waals surface area contributed by atoms with Crippen LogP contribution in [0.3, 0.4) is 0 Å². The van der Waals surface area contributed by atoms with E-state index in [4.69, 9.17) is 4.98 Å². The molecule has 10 heteroatoms. The Labute approximate surface area is 184 Å². The van der Waals surface area contributed by atoms with Crippen LogP contribution in [-0.2, 0) is 6.54 Å². The molecule has 32 heavy (non-hydrogen) atoms. The van der Waals surface area contributed by atoms with E-state index in [1.165, 1.54) is 19.3 Å². The third-order valence-electron chi connectivity index (χ3n) is 6.92. The predicted molar refractivity (Wildman–Crippen MR) is 118 cm³/mol. The van der Waals surface area contributed by atoms with Gasteiger partial charge in [0.05, 0.1) is 12.2 Å².